The highest BCUT2D eigenvalue weighted by Gasteiger charge is 2.33. The highest BCUT2D eigenvalue weighted by Crippen LogP contribution is 2.18. The number of likely N-dealkylation sites (tertiary alicyclic amines) is 1. The summed E-state index contributed by atoms with van der Waals surface area (Å²) in [6.45, 7) is 14.4. The maximum absolute atomic E-state index is 11.9. The Bertz CT molecular complexity index is 299. The lowest BCUT2D eigenvalue weighted by atomic mass is 10.0. The quantitative estimate of drug-likeness (QED) is 0.785. The van der Waals surface area contributed by atoms with Gasteiger partial charge in [0.2, 0.25) is 5.91 Å². The third-order valence-electron chi connectivity index (χ3n) is 3.29. The van der Waals surface area contributed by atoms with Crippen LogP contribution in [-0.2, 0) is 4.79 Å². The van der Waals surface area contributed by atoms with Gasteiger partial charge in [0.05, 0.1) is 6.54 Å². The van der Waals surface area contributed by atoms with Crippen LogP contribution in [0, 0.1) is 6.57 Å². The minimum Gasteiger partial charge on any atom is -0.303 e. The number of nitrogens with zero attached hydrogens (tertiary/aromatic N) is 2. The Kier molecular flexibility index (Phi) is 6.51. The molecule has 1 amide bonds. The Labute approximate surface area is 110 Å². The smallest absolute Gasteiger partial charge is 0.300 e. The van der Waals surface area contributed by atoms with Gasteiger partial charge in [-0.05, 0) is 26.7 Å². The Morgan fingerprint density at radius 2 is 2.24 bits per heavy atom. The van der Waals surface area contributed by atoms with E-state index in [1.165, 1.54) is 0 Å². The highest BCUT2D eigenvalue weighted by molar-refractivity contribution is 5.85. The van der Waals surface area contributed by atoms with Crippen molar-refractivity contribution < 1.29 is 4.79 Å². The lowest BCUT2D eigenvalue weighted by molar-refractivity contribution is -0.130. The van der Waals surface area contributed by atoms with E-state index in [1.807, 2.05) is 0 Å². The van der Waals surface area contributed by atoms with Gasteiger partial charge in [-0.2, -0.15) is 0 Å². The van der Waals surface area contributed by atoms with Gasteiger partial charge >= 0.3 is 6.17 Å². The second kappa shape index (κ2) is 6.83. The van der Waals surface area contributed by atoms with Crippen LogP contribution < -0.4 is 5.32 Å². The van der Waals surface area contributed by atoms with Crippen LogP contribution >= 0.6 is 12.4 Å². The lowest BCUT2D eigenvalue weighted by Gasteiger charge is -2.25. The van der Waals surface area contributed by atoms with Crippen molar-refractivity contribution in [2.24, 2.45) is 0 Å². The molecular weight excluding hydrogens is 238 g/mol. The monoisotopic (exact) mass is 259 g/mol. The highest BCUT2D eigenvalue weighted by atomic mass is 35.5. The standard InChI is InChI=1S/C12H21N3O.ClH/c1-5-12(2,3)14-9-11(16)15-8-6-7-10(15)13-4;/h10,14H,5-9H2,1-3H3;1H/t10-;/m0./s1. The van der Waals surface area contributed by atoms with E-state index >= 15 is 0 Å². The third kappa shape index (κ3) is 4.53. The molecule has 1 atom stereocenters. The molecule has 0 aromatic rings. The van der Waals surface area contributed by atoms with Crippen molar-refractivity contribution in [1.82, 2.24) is 10.2 Å². The van der Waals surface area contributed by atoms with Gasteiger partial charge in [0.25, 0.3) is 0 Å². The zero-order valence-electron chi connectivity index (χ0n) is 10.8. The summed E-state index contributed by atoms with van der Waals surface area (Å²) < 4.78 is 0. The Hall–Kier alpha value is -0.790. The number of amides is 1. The summed E-state index contributed by atoms with van der Waals surface area (Å²) in [4.78, 5) is 17.1. The molecule has 0 aliphatic carbocycles. The van der Waals surface area contributed by atoms with E-state index < -0.39 is 0 Å². The second-order valence-corrected chi connectivity index (χ2v) is 4.93. The molecule has 0 aromatic heterocycles. The molecule has 0 spiro atoms. The third-order valence-corrected chi connectivity index (χ3v) is 3.29. The molecule has 5 heteroatoms. The summed E-state index contributed by atoms with van der Waals surface area (Å²) in [6.07, 6.45) is 2.54. The molecule has 98 valence electrons. The maximum atomic E-state index is 11.9. The van der Waals surface area contributed by atoms with Crippen molar-refractivity contribution in [3.8, 4) is 0 Å². The molecule has 1 fully saturated rings. The molecule has 1 saturated heterocycles. The van der Waals surface area contributed by atoms with Gasteiger partial charge < -0.3 is 5.32 Å². The van der Waals surface area contributed by atoms with E-state index in [0.717, 1.165) is 25.8 Å². The summed E-state index contributed by atoms with van der Waals surface area (Å²) >= 11 is 0. The Morgan fingerprint density at radius 3 is 2.76 bits per heavy atom. The summed E-state index contributed by atoms with van der Waals surface area (Å²) in [5.41, 5.74) is -0.0109. The predicted molar refractivity (Wildman–Crippen MR) is 71.0 cm³/mol. The van der Waals surface area contributed by atoms with Crippen LogP contribution in [-0.4, -0.2) is 35.6 Å². The SMILES string of the molecule is Cl.[C-]#[N+][C@@H]1CCCN1C(=O)CNC(C)(C)CC. The van der Waals surface area contributed by atoms with Crippen LogP contribution in [0.4, 0.5) is 0 Å². The van der Waals surface area contributed by atoms with Crippen molar-refractivity contribution in [3.63, 3.8) is 0 Å². The normalized spacial score (nSPS) is 19.6. The van der Waals surface area contributed by atoms with Crippen LogP contribution in [0.15, 0.2) is 0 Å². The first-order chi connectivity index (χ1) is 7.50. The van der Waals surface area contributed by atoms with Gasteiger partial charge in [-0.1, -0.05) is 6.92 Å². The Morgan fingerprint density at radius 1 is 1.59 bits per heavy atom. The van der Waals surface area contributed by atoms with Crippen LogP contribution in [0.2, 0.25) is 0 Å². The summed E-state index contributed by atoms with van der Waals surface area (Å²) in [5, 5.41) is 3.24. The second-order valence-electron chi connectivity index (χ2n) is 4.93. The van der Waals surface area contributed by atoms with Gasteiger partial charge in [-0.3, -0.25) is 14.5 Å². The molecule has 1 N–H and O–H groups in total. The van der Waals surface area contributed by atoms with Crippen molar-refractivity contribution >= 4 is 18.3 Å². The molecule has 1 aliphatic rings. The number of hydrogen-bond donors (Lipinski definition) is 1. The van der Waals surface area contributed by atoms with Crippen molar-refractivity contribution in [2.45, 2.75) is 51.7 Å². The minimum atomic E-state index is -0.223. The number of rotatable bonds is 4. The summed E-state index contributed by atoms with van der Waals surface area (Å²) in [5.74, 6) is 0.0556. The Balaban J connectivity index is 0.00000256. The number of carbonyl (C=O) groups excluding carboxylic acids is 1. The van der Waals surface area contributed by atoms with Gasteiger partial charge in [0.1, 0.15) is 0 Å². The average molecular weight is 260 g/mol. The fourth-order valence-corrected chi connectivity index (χ4v) is 1.72. The van der Waals surface area contributed by atoms with Crippen molar-refractivity contribution in [3.05, 3.63) is 11.4 Å². The number of nitrogens with one attached hydrogen (secondary N) is 1. The first-order valence-corrected chi connectivity index (χ1v) is 5.91. The largest absolute Gasteiger partial charge is 0.303 e. The van der Waals surface area contributed by atoms with E-state index in [2.05, 4.69) is 30.9 Å². The van der Waals surface area contributed by atoms with Crippen LogP contribution in [0.1, 0.15) is 40.0 Å². The first kappa shape index (κ1) is 16.2. The summed E-state index contributed by atoms with van der Waals surface area (Å²) in [6, 6.07) is 0. The first-order valence-electron chi connectivity index (χ1n) is 5.91. The summed E-state index contributed by atoms with van der Waals surface area (Å²) in [7, 11) is 0. The lowest BCUT2D eigenvalue weighted by Crippen LogP contribution is -2.46. The topological polar surface area (TPSA) is 36.7 Å². The molecule has 0 unspecified atom stereocenters. The predicted octanol–water partition coefficient (Wildman–Crippen LogP) is 2.05. The molecule has 0 bridgehead atoms. The molecule has 0 saturated carbocycles. The fourth-order valence-electron chi connectivity index (χ4n) is 1.72. The molecule has 1 rings (SSSR count). The molecule has 1 heterocycles. The van der Waals surface area contributed by atoms with Gasteiger partial charge in [-0.15, -0.1) is 12.4 Å². The number of carbonyl (C=O) groups is 1. The van der Waals surface area contributed by atoms with E-state index in [9.17, 15) is 4.79 Å². The van der Waals surface area contributed by atoms with Crippen molar-refractivity contribution in [2.75, 3.05) is 13.1 Å². The van der Waals surface area contributed by atoms with Gasteiger partial charge in [0.15, 0.2) is 0 Å². The molecule has 0 aromatic carbocycles. The molecular formula is C12H22ClN3O. The van der Waals surface area contributed by atoms with Crippen molar-refractivity contribution in [1.29, 1.82) is 0 Å². The van der Waals surface area contributed by atoms with E-state index in [4.69, 9.17) is 6.57 Å². The zero-order chi connectivity index (χ0) is 12.2. The zero-order valence-corrected chi connectivity index (χ0v) is 11.6. The van der Waals surface area contributed by atoms with Gasteiger partial charge in [0, 0.05) is 18.5 Å². The van der Waals surface area contributed by atoms with Crippen LogP contribution in [0.3, 0.4) is 0 Å². The minimum absolute atomic E-state index is 0. The molecule has 1 aliphatic heterocycles. The number of hydrogen-bond acceptors (Lipinski definition) is 2. The molecule has 0 radical (unpaired) electrons. The van der Waals surface area contributed by atoms with E-state index in [1.54, 1.807) is 4.90 Å². The molecule has 17 heavy (non-hydrogen) atoms. The van der Waals surface area contributed by atoms with E-state index in [0.29, 0.717) is 6.54 Å². The van der Waals surface area contributed by atoms with E-state index in [-0.39, 0.29) is 30.0 Å². The van der Waals surface area contributed by atoms with Gasteiger partial charge in [-0.25, -0.2) is 6.57 Å². The molecule has 4 nitrogen and oxygen atoms in total. The van der Waals surface area contributed by atoms with Crippen LogP contribution in [0.25, 0.3) is 4.85 Å². The average Bonchev–Trinajstić information content (AvgIpc) is 2.74. The van der Waals surface area contributed by atoms with Crippen LogP contribution in [0.5, 0.6) is 0 Å². The fraction of sp³-hybridized carbons (Fsp3) is 0.833. The number of halogens is 1. The maximum Gasteiger partial charge on any atom is 0.300 e.